The first-order valence-corrected chi connectivity index (χ1v) is 4.73. The van der Waals surface area contributed by atoms with Crippen LogP contribution in [0, 0.1) is 19.3 Å². The summed E-state index contributed by atoms with van der Waals surface area (Å²) < 4.78 is 0. The summed E-state index contributed by atoms with van der Waals surface area (Å²) in [6, 6.07) is 15.7. The molecule has 0 saturated heterocycles. The number of terminal acetylenes is 1. The molecule has 1 aromatic heterocycles. The third kappa shape index (κ3) is 4.10. The first-order chi connectivity index (χ1) is 7.34. The second-order valence-corrected chi connectivity index (χ2v) is 2.94. The van der Waals surface area contributed by atoms with Gasteiger partial charge < -0.3 is 0 Å². The van der Waals surface area contributed by atoms with Crippen LogP contribution in [-0.2, 0) is 0 Å². The first-order valence-electron chi connectivity index (χ1n) is 4.73. The summed E-state index contributed by atoms with van der Waals surface area (Å²) >= 11 is 0. The lowest BCUT2D eigenvalue weighted by Crippen LogP contribution is -1.83. The zero-order chi connectivity index (χ0) is 10.9. The van der Waals surface area contributed by atoms with Gasteiger partial charge in [0.2, 0.25) is 0 Å². The number of aromatic nitrogens is 1. The van der Waals surface area contributed by atoms with Crippen molar-refractivity contribution in [1.82, 2.24) is 4.98 Å². The van der Waals surface area contributed by atoms with E-state index in [1.807, 2.05) is 55.5 Å². The third-order valence-electron chi connectivity index (χ3n) is 1.83. The van der Waals surface area contributed by atoms with Gasteiger partial charge in [0.1, 0.15) is 0 Å². The van der Waals surface area contributed by atoms with Gasteiger partial charge in [-0.25, -0.2) is 0 Å². The minimum Gasteiger partial charge on any atom is -0.260 e. The maximum absolute atomic E-state index is 5.16. The molecule has 1 heterocycles. The van der Waals surface area contributed by atoms with Crippen LogP contribution in [0.1, 0.15) is 11.3 Å². The monoisotopic (exact) mass is 195 g/mol. The molecule has 1 nitrogen and oxygen atoms in total. The number of nitrogens with zero attached hydrogens (tertiary/aromatic N) is 1. The Kier molecular flexibility index (Phi) is 4.69. The highest BCUT2D eigenvalue weighted by atomic mass is 14.7. The van der Waals surface area contributed by atoms with E-state index in [1.54, 1.807) is 6.20 Å². The van der Waals surface area contributed by atoms with Crippen LogP contribution < -0.4 is 0 Å². The summed E-state index contributed by atoms with van der Waals surface area (Å²) in [5.41, 5.74) is 1.79. The van der Waals surface area contributed by atoms with Crippen molar-refractivity contribution in [1.29, 1.82) is 0 Å². The lowest BCUT2D eigenvalue weighted by molar-refractivity contribution is 1.19. The van der Waals surface area contributed by atoms with Crippen LogP contribution >= 0.6 is 0 Å². The van der Waals surface area contributed by atoms with Crippen LogP contribution in [0.4, 0.5) is 0 Å². The highest BCUT2D eigenvalue weighted by Crippen LogP contribution is 1.99. The molecular formula is C14H13N. The van der Waals surface area contributed by atoms with E-state index in [-0.39, 0.29) is 0 Å². The molecule has 0 atom stereocenters. The molecule has 0 N–H and O–H groups in total. The molecule has 0 unspecified atom stereocenters. The Morgan fingerprint density at radius 2 is 1.53 bits per heavy atom. The fourth-order valence-corrected chi connectivity index (χ4v) is 1.02. The number of hydrogen-bond donors (Lipinski definition) is 0. The molecule has 0 aliphatic rings. The molecular weight excluding hydrogens is 182 g/mol. The summed E-state index contributed by atoms with van der Waals surface area (Å²) in [6.45, 7) is 1.90. The first kappa shape index (κ1) is 11.0. The summed E-state index contributed by atoms with van der Waals surface area (Å²) in [7, 11) is 0. The summed E-state index contributed by atoms with van der Waals surface area (Å²) in [5.74, 6) is 2.53. The molecule has 0 radical (unpaired) electrons. The third-order valence-corrected chi connectivity index (χ3v) is 1.83. The van der Waals surface area contributed by atoms with Crippen molar-refractivity contribution < 1.29 is 0 Å². The van der Waals surface area contributed by atoms with Crippen LogP contribution in [0.3, 0.4) is 0 Å². The van der Waals surface area contributed by atoms with Crippen LogP contribution in [0.25, 0.3) is 0 Å². The van der Waals surface area contributed by atoms with Crippen molar-refractivity contribution in [2.75, 3.05) is 0 Å². The zero-order valence-electron chi connectivity index (χ0n) is 8.72. The largest absolute Gasteiger partial charge is 0.260 e. The highest BCUT2D eigenvalue weighted by Gasteiger charge is 1.89. The smallest absolute Gasteiger partial charge is 0.0528 e. The minimum absolute atomic E-state index is 0.873. The zero-order valence-corrected chi connectivity index (χ0v) is 8.72. The van der Waals surface area contributed by atoms with E-state index in [0.29, 0.717) is 0 Å². The van der Waals surface area contributed by atoms with Gasteiger partial charge in [0.15, 0.2) is 0 Å². The van der Waals surface area contributed by atoms with E-state index in [0.717, 1.165) is 11.3 Å². The topological polar surface area (TPSA) is 12.9 Å². The number of rotatable bonds is 0. The Morgan fingerprint density at radius 1 is 1.00 bits per heavy atom. The predicted octanol–water partition coefficient (Wildman–Crippen LogP) is 3.06. The van der Waals surface area contributed by atoms with Crippen molar-refractivity contribution >= 4 is 0 Å². The Bertz CT molecular complexity index is 400. The maximum Gasteiger partial charge on any atom is 0.0528 e. The Hall–Kier alpha value is -2.07. The molecule has 0 saturated carbocycles. The molecule has 2 rings (SSSR count). The fraction of sp³-hybridized carbons (Fsp3) is 0.0714. The van der Waals surface area contributed by atoms with Gasteiger partial charge in [-0.05, 0) is 19.1 Å². The van der Waals surface area contributed by atoms with Crippen molar-refractivity contribution in [3.63, 3.8) is 0 Å². The fourth-order valence-electron chi connectivity index (χ4n) is 1.02. The maximum atomic E-state index is 5.16. The SMILES string of the molecule is C#Cc1cccnc1C.c1ccccc1. The molecule has 0 spiro atoms. The van der Waals surface area contributed by atoms with Crippen LogP contribution in [-0.4, -0.2) is 4.98 Å². The lowest BCUT2D eigenvalue weighted by atomic mass is 10.2. The molecule has 0 amide bonds. The van der Waals surface area contributed by atoms with Gasteiger partial charge in [0.25, 0.3) is 0 Å². The number of aryl methyl sites for hydroxylation is 1. The predicted molar refractivity (Wildman–Crippen MR) is 63.4 cm³/mol. The van der Waals surface area contributed by atoms with Gasteiger partial charge in [0, 0.05) is 11.8 Å². The number of hydrogen-bond acceptors (Lipinski definition) is 1. The molecule has 0 fully saturated rings. The van der Waals surface area contributed by atoms with E-state index in [2.05, 4.69) is 10.9 Å². The van der Waals surface area contributed by atoms with E-state index in [4.69, 9.17) is 6.42 Å². The van der Waals surface area contributed by atoms with E-state index >= 15 is 0 Å². The molecule has 0 aliphatic heterocycles. The molecule has 74 valence electrons. The quantitative estimate of drug-likeness (QED) is 0.589. The number of benzene rings is 1. The highest BCUT2D eigenvalue weighted by molar-refractivity contribution is 5.34. The Balaban J connectivity index is 0.000000162. The van der Waals surface area contributed by atoms with Gasteiger partial charge in [0.05, 0.1) is 5.69 Å². The van der Waals surface area contributed by atoms with Crippen molar-refractivity contribution in [3.8, 4) is 12.3 Å². The summed E-state index contributed by atoms with van der Waals surface area (Å²) in [6.07, 6.45) is 6.89. The standard InChI is InChI=1S/C8H7N.C6H6/c1-3-8-5-4-6-9-7(8)2;1-2-4-6-5-3-1/h1,4-6H,2H3;1-6H. The molecule has 15 heavy (non-hydrogen) atoms. The molecule has 2 aromatic rings. The van der Waals surface area contributed by atoms with Crippen molar-refractivity contribution in [2.24, 2.45) is 0 Å². The Labute approximate surface area is 90.8 Å². The van der Waals surface area contributed by atoms with Gasteiger partial charge in [-0.1, -0.05) is 42.3 Å². The number of pyridine rings is 1. The Morgan fingerprint density at radius 3 is 1.87 bits per heavy atom. The molecule has 0 aliphatic carbocycles. The van der Waals surface area contributed by atoms with Gasteiger partial charge >= 0.3 is 0 Å². The molecule has 1 heteroatoms. The second-order valence-electron chi connectivity index (χ2n) is 2.94. The van der Waals surface area contributed by atoms with Crippen molar-refractivity contribution in [2.45, 2.75) is 6.92 Å². The summed E-state index contributed by atoms with van der Waals surface area (Å²) in [4.78, 5) is 4.01. The average Bonchev–Trinajstić information content (AvgIpc) is 2.33. The van der Waals surface area contributed by atoms with Gasteiger partial charge in [-0.15, -0.1) is 6.42 Å². The molecule has 0 bridgehead atoms. The van der Waals surface area contributed by atoms with Gasteiger partial charge in [-0.2, -0.15) is 0 Å². The summed E-state index contributed by atoms with van der Waals surface area (Å²) in [5, 5.41) is 0. The normalized spacial score (nSPS) is 8.27. The lowest BCUT2D eigenvalue weighted by Gasteiger charge is -1.91. The van der Waals surface area contributed by atoms with Gasteiger partial charge in [-0.3, -0.25) is 4.98 Å². The van der Waals surface area contributed by atoms with Crippen molar-refractivity contribution in [3.05, 3.63) is 66.0 Å². The molecule has 1 aromatic carbocycles. The van der Waals surface area contributed by atoms with Crippen LogP contribution in [0.15, 0.2) is 54.7 Å². The van der Waals surface area contributed by atoms with E-state index < -0.39 is 0 Å². The van der Waals surface area contributed by atoms with Crippen LogP contribution in [0.2, 0.25) is 0 Å². The second kappa shape index (κ2) is 6.39. The minimum atomic E-state index is 0.873. The van der Waals surface area contributed by atoms with Crippen LogP contribution in [0.5, 0.6) is 0 Å². The van der Waals surface area contributed by atoms with E-state index in [9.17, 15) is 0 Å². The average molecular weight is 195 g/mol. The van der Waals surface area contributed by atoms with E-state index in [1.165, 1.54) is 0 Å².